The highest BCUT2D eigenvalue weighted by molar-refractivity contribution is 5.24. The summed E-state index contributed by atoms with van der Waals surface area (Å²) in [6.07, 6.45) is 2.37. The van der Waals surface area contributed by atoms with Crippen LogP contribution < -0.4 is 5.06 Å². The lowest BCUT2D eigenvalue weighted by Crippen LogP contribution is -3.07. The van der Waals surface area contributed by atoms with Crippen LogP contribution in [0.25, 0.3) is 0 Å². The summed E-state index contributed by atoms with van der Waals surface area (Å²) in [5, 5.41) is 1.13. The molecule has 2 nitrogen and oxygen atoms in total. The molecule has 20 heavy (non-hydrogen) atoms. The monoisotopic (exact) mass is 282 g/mol. The van der Waals surface area contributed by atoms with Crippen molar-refractivity contribution in [3.05, 3.63) is 35.4 Å². The first-order valence-electron chi connectivity index (χ1n) is 8.10. The van der Waals surface area contributed by atoms with Gasteiger partial charge in [0.25, 0.3) is 0 Å². The summed E-state index contributed by atoms with van der Waals surface area (Å²) < 4.78 is 0. The van der Waals surface area contributed by atoms with Crippen molar-refractivity contribution >= 4 is 0 Å². The highest BCUT2D eigenvalue weighted by Gasteiger charge is 2.11. The van der Waals surface area contributed by atoms with Crippen LogP contribution in [0.4, 0.5) is 0 Å². The number of benzene rings is 1. The molecule has 0 aliphatic rings. The summed E-state index contributed by atoms with van der Waals surface area (Å²) in [6.45, 7) is 13.4. The zero-order chi connectivity index (χ0) is 16.0. The smallest absolute Gasteiger partial charge is 0.107 e. The molecule has 0 saturated heterocycles. The molecule has 0 radical (unpaired) electrons. The minimum absolute atomic E-state index is 0.658. The molecule has 0 spiro atoms. The van der Waals surface area contributed by atoms with Gasteiger partial charge in [0.1, 0.15) is 6.54 Å². The molecule has 1 N–H and O–H groups in total. The van der Waals surface area contributed by atoms with Crippen molar-refractivity contribution in [2.24, 2.45) is 0 Å². The first-order valence-corrected chi connectivity index (χ1v) is 8.10. The summed E-state index contributed by atoms with van der Waals surface area (Å²) in [5.74, 6) is 0.658. The largest absolute Gasteiger partial charge is 0.208 e. The Bertz CT molecular complexity index is 295. The molecule has 118 valence electrons. The highest BCUT2D eigenvalue weighted by atomic mass is 16.7. The van der Waals surface area contributed by atoms with Gasteiger partial charge in [0.2, 0.25) is 0 Å². The molecule has 0 bridgehead atoms. The molecule has 2 unspecified atom stereocenters. The summed E-state index contributed by atoms with van der Waals surface area (Å²) >= 11 is 0. The van der Waals surface area contributed by atoms with Crippen molar-refractivity contribution in [3.8, 4) is 0 Å². The summed E-state index contributed by atoms with van der Waals surface area (Å²) in [6, 6.07) is 8.91. The van der Waals surface area contributed by atoms with Crippen LogP contribution in [-0.4, -0.2) is 20.7 Å². The molecule has 0 aliphatic carbocycles. The summed E-state index contributed by atoms with van der Waals surface area (Å²) in [4.78, 5) is 5.22. The molecular formula is C18H36NO+. The fraction of sp³-hybridized carbons (Fsp3) is 0.667. The van der Waals surface area contributed by atoms with Gasteiger partial charge >= 0.3 is 0 Å². The second-order valence-electron chi connectivity index (χ2n) is 4.46. The Labute approximate surface area is 127 Å². The summed E-state index contributed by atoms with van der Waals surface area (Å²) in [5.41, 5.74) is 2.79. The lowest BCUT2D eigenvalue weighted by molar-refractivity contribution is -1.07. The quantitative estimate of drug-likeness (QED) is 0.778. The molecule has 1 aromatic rings. The fourth-order valence-corrected chi connectivity index (χ4v) is 1.92. The fourth-order valence-electron chi connectivity index (χ4n) is 1.92. The molecule has 0 fully saturated rings. The van der Waals surface area contributed by atoms with Crippen molar-refractivity contribution < 1.29 is 9.90 Å². The van der Waals surface area contributed by atoms with E-state index in [1.165, 1.54) is 24.0 Å². The van der Waals surface area contributed by atoms with Gasteiger partial charge in [0, 0.05) is 6.42 Å². The van der Waals surface area contributed by atoms with E-state index in [0.717, 1.165) is 11.6 Å². The maximum atomic E-state index is 5.22. The number of hydrogen-bond acceptors (Lipinski definition) is 1. The van der Waals surface area contributed by atoms with Crippen LogP contribution in [-0.2, 0) is 4.84 Å². The average Bonchev–Trinajstić information content (AvgIpc) is 2.53. The van der Waals surface area contributed by atoms with Gasteiger partial charge in [-0.1, -0.05) is 64.4 Å². The molecule has 2 heteroatoms. The number of hydrogen-bond donors (Lipinski definition) is 1. The highest BCUT2D eigenvalue weighted by Crippen LogP contribution is 2.22. The standard InChI is InChI=1S/C14H23NO.2C2H6/c1-5-13(10-11-15(3)16-4)14-8-6-12(2)7-9-14;2*1-2/h6-9,13H,5,10-11H2,1-4H3;2*1-2H3/p+1. The Morgan fingerprint density at radius 1 is 1.05 bits per heavy atom. The Morgan fingerprint density at radius 2 is 1.55 bits per heavy atom. The van der Waals surface area contributed by atoms with E-state index in [1.807, 2.05) is 27.7 Å². The molecule has 0 saturated carbocycles. The number of quaternary nitrogens is 1. The van der Waals surface area contributed by atoms with Crippen molar-refractivity contribution in [3.63, 3.8) is 0 Å². The van der Waals surface area contributed by atoms with E-state index in [9.17, 15) is 0 Å². The first-order chi connectivity index (χ1) is 9.67. The maximum absolute atomic E-state index is 5.22. The molecule has 0 amide bonds. The third-order valence-corrected chi connectivity index (χ3v) is 3.23. The predicted molar refractivity (Wildman–Crippen MR) is 90.3 cm³/mol. The number of nitrogens with one attached hydrogen (secondary N) is 1. The Kier molecular flexibility index (Phi) is 15.6. The third-order valence-electron chi connectivity index (χ3n) is 3.23. The van der Waals surface area contributed by atoms with Crippen molar-refractivity contribution in [1.82, 2.24) is 0 Å². The molecule has 0 aliphatic heterocycles. The van der Waals surface area contributed by atoms with Gasteiger partial charge in [0.05, 0.1) is 14.2 Å². The van der Waals surface area contributed by atoms with E-state index in [4.69, 9.17) is 4.84 Å². The second-order valence-corrected chi connectivity index (χ2v) is 4.46. The molecular weight excluding hydrogens is 246 g/mol. The van der Waals surface area contributed by atoms with Crippen LogP contribution in [0.15, 0.2) is 24.3 Å². The molecule has 1 aromatic carbocycles. The van der Waals surface area contributed by atoms with Gasteiger partial charge in [-0.3, -0.25) is 0 Å². The van der Waals surface area contributed by atoms with E-state index >= 15 is 0 Å². The Hall–Kier alpha value is -0.860. The van der Waals surface area contributed by atoms with E-state index in [2.05, 4.69) is 45.2 Å². The van der Waals surface area contributed by atoms with Gasteiger partial charge in [-0.15, -0.1) is 0 Å². The van der Waals surface area contributed by atoms with E-state index in [0.29, 0.717) is 5.92 Å². The van der Waals surface area contributed by atoms with Crippen molar-refractivity contribution in [2.75, 3.05) is 20.7 Å². The lowest BCUT2D eigenvalue weighted by Gasteiger charge is -2.17. The zero-order valence-corrected chi connectivity index (χ0v) is 14.9. The minimum atomic E-state index is 0.658. The molecule has 0 aromatic heterocycles. The molecule has 2 atom stereocenters. The Balaban J connectivity index is 0. The maximum Gasteiger partial charge on any atom is 0.107 e. The van der Waals surface area contributed by atoms with Crippen LogP contribution in [0.1, 0.15) is 64.5 Å². The SMILES string of the molecule is CC.CC.CCC(CC[NH+](C)OC)c1ccc(C)cc1. The van der Waals surface area contributed by atoms with E-state index in [-0.39, 0.29) is 0 Å². The second kappa shape index (κ2) is 14.5. The van der Waals surface area contributed by atoms with Gasteiger partial charge in [-0.25, -0.2) is 4.84 Å². The van der Waals surface area contributed by atoms with Gasteiger partial charge in [0.15, 0.2) is 0 Å². The summed E-state index contributed by atoms with van der Waals surface area (Å²) in [7, 11) is 3.81. The van der Waals surface area contributed by atoms with Crippen LogP contribution in [0, 0.1) is 6.92 Å². The molecule has 1 rings (SSSR count). The van der Waals surface area contributed by atoms with E-state index in [1.54, 1.807) is 7.11 Å². The van der Waals surface area contributed by atoms with Gasteiger partial charge in [-0.2, -0.15) is 5.06 Å². The third kappa shape index (κ3) is 9.11. The minimum Gasteiger partial charge on any atom is -0.208 e. The number of rotatable bonds is 6. The van der Waals surface area contributed by atoms with Crippen LogP contribution in [0.5, 0.6) is 0 Å². The van der Waals surface area contributed by atoms with Crippen molar-refractivity contribution in [2.45, 2.75) is 60.3 Å². The predicted octanol–water partition coefficient (Wildman–Crippen LogP) is 4.01. The zero-order valence-electron chi connectivity index (χ0n) is 14.9. The average molecular weight is 282 g/mol. The van der Waals surface area contributed by atoms with E-state index < -0.39 is 0 Å². The van der Waals surface area contributed by atoms with Crippen LogP contribution >= 0.6 is 0 Å². The van der Waals surface area contributed by atoms with Crippen LogP contribution in [0.3, 0.4) is 0 Å². The molecule has 0 heterocycles. The normalized spacial score (nSPS) is 12.4. The van der Waals surface area contributed by atoms with Gasteiger partial charge < -0.3 is 0 Å². The first kappa shape index (κ1) is 21.4. The van der Waals surface area contributed by atoms with Gasteiger partial charge in [-0.05, 0) is 24.8 Å². The Morgan fingerprint density at radius 3 is 1.95 bits per heavy atom. The van der Waals surface area contributed by atoms with Crippen LogP contribution in [0.2, 0.25) is 0 Å². The number of hydroxylamine groups is 2. The lowest BCUT2D eigenvalue weighted by atomic mass is 9.92. The number of aryl methyl sites for hydroxylation is 1. The van der Waals surface area contributed by atoms with Crippen molar-refractivity contribution in [1.29, 1.82) is 0 Å². The topological polar surface area (TPSA) is 13.7 Å².